The standard InChI is InChI=1S/C19H26ClN3O2/c1-12(24)21-18(13-3-5-14(20)6-4-13)11-19(25)23(2)17-9-15-7-8-16(10-17)22-15/h3-6,15-18,22H,7-11H2,1-2H3,(H,21,24). The first-order chi connectivity index (χ1) is 11.9. The number of hydrogen-bond donors (Lipinski definition) is 2. The molecule has 2 heterocycles. The van der Waals surface area contributed by atoms with E-state index in [2.05, 4.69) is 10.6 Å². The molecule has 1 aromatic rings. The van der Waals surface area contributed by atoms with Gasteiger partial charge in [0.2, 0.25) is 11.8 Å². The van der Waals surface area contributed by atoms with E-state index in [1.807, 2.05) is 24.1 Å². The van der Waals surface area contributed by atoms with Gasteiger partial charge in [0.25, 0.3) is 0 Å². The van der Waals surface area contributed by atoms with E-state index in [9.17, 15) is 9.59 Å². The van der Waals surface area contributed by atoms with Gasteiger partial charge in [0.15, 0.2) is 0 Å². The van der Waals surface area contributed by atoms with Crippen LogP contribution in [0.4, 0.5) is 0 Å². The first kappa shape index (κ1) is 18.2. The Balaban J connectivity index is 1.66. The average Bonchev–Trinajstić information content (AvgIpc) is 2.91. The van der Waals surface area contributed by atoms with E-state index in [1.165, 1.54) is 19.8 Å². The van der Waals surface area contributed by atoms with Gasteiger partial charge in [-0.3, -0.25) is 9.59 Å². The Bertz CT molecular complexity index is 622. The van der Waals surface area contributed by atoms with E-state index < -0.39 is 0 Å². The molecule has 2 aliphatic rings. The largest absolute Gasteiger partial charge is 0.349 e. The number of nitrogens with zero attached hydrogens (tertiary/aromatic N) is 1. The summed E-state index contributed by atoms with van der Waals surface area (Å²) in [5.74, 6) is -0.0738. The molecule has 2 fully saturated rings. The molecule has 2 saturated heterocycles. The molecule has 0 radical (unpaired) electrons. The lowest BCUT2D eigenvalue weighted by Gasteiger charge is -2.36. The summed E-state index contributed by atoms with van der Waals surface area (Å²) in [5, 5.41) is 7.13. The van der Waals surface area contributed by atoms with Crippen LogP contribution in [0.2, 0.25) is 5.02 Å². The number of benzene rings is 1. The molecule has 136 valence electrons. The van der Waals surface area contributed by atoms with E-state index in [1.54, 1.807) is 12.1 Å². The summed E-state index contributed by atoms with van der Waals surface area (Å²) >= 11 is 5.94. The van der Waals surface area contributed by atoms with Gasteiger partial charge in [-0.2, -0.15) is 0 Å². The molecule has 0 aliphatic carbocycles. The molecule has 0 saturated carbocycles. The van der Waals surface area contributed by atoms with Crippen LogP contribution < -0.4 is 10.6 Å². The highest BCUT2D eigenvalue weighted by Crippen LogP contribution is 2.30. The van der Waals surface area contributed by atoms with E-state index in [0.717, 1.165) is 18.4 Å². The topological polar surface area (TPSA) is 61.4 Å². The van der Waals surface area contributed by atoms with Gasteiger partial charge in [0.05, 0.1) is 12.5 Å². The van der Waals surface area contributed by atoms with Crippen LogP contribution in [-0.4, -0.2) is 41.9 Å². The minimum Gasteiger partial charge on any atom is -0.349 e. The minimum absolute atomic E-state index is 0.0694. The van der Waals surface area contributed by atoms with Gasteiger partial charge in [-0.05, 0) is 43.4 Å². The molecular formula is C19H26ClN3O2. The maximum Gasteiger partial charge on any atom is 0.224 e. The Morgan fingerprint density at radius 3 is 2.40 bits per heavy atom. The summed E-state index contributed by atoms with van der Waals surface area (Å²) in [4.78, 5) is 26.3. The van der Waals surface area contributed by atoms with Crippen molar-refractivity contribution in [3.63, 3.8) is 0 Å². The third kappa shape index (κ3) is 4.53. The first-order valence-corrected chi connectivity index (χ1v) is 9.34. The highest BCUT2D eigenvalue weighted by atomic mass is 35.5. The fourth-order valence-electron chi connectivity index (χ4n) is 4.06. The van der Waals surface area contributed by atoms with Gasteiger partial charge < -0.3 is 15.5 Å². The maximum absolute atomic E-state index is 12.8. The Morgan fingerprint density at radius 1 is 1.24 bits per heavy atom. The first-order valence-electron chi connectivity index (χ1n) is 8.96. The van der Waals surface area contributed by atoms with Gasteiger partial charge in [-0.25, -0.2) is 0 Å². The molecule has 3 unspecified atom stereocenters. The van der Waals surface area contributed by atoms with Gasteiger partial charge in [0.1, 0.15) is 0 Å². The second-order valence-corrected chi connectivity index (χ2v) is 7.71. The number of fused-ring (bicyclic) bond motifs is 2. The van der Waals surface area contributed by atoms with E-state index in [-0.39, 0.29) is 30.3 Å². The van der Waals surface area contributed by atoms with Crippen molar-refractivity contribution in [3.05, 3.63) is 34.9 Å². The zero-order valence-corrected chi connectivity index (χ0v) is 15.6. The van der Waals surface area contributed by atoms with Crippen molar-refractivity contribution in [2.75, 3.05) is 7.05 Å². The highest BCUT2D eigenvalue weighted by molar-refractivity contribution is 6.30. The van der Waals surface area contributed by atoms with Crippen LogP contribution in [-0.2, 0) is 9.59 Å². The summed E-state index contributed by atoms with van der Waals surface area (Å²) < 4.78 is 0. The van der Waals surface area contributed by atoms with Crippen molar-refractivity contribution >= 4 is 23.4 Å². The third-order valence-corrected chi connectivity index (χ3v) is 5.67. The van der Waals surface area contributed by atoms with Crippen molar-refractivity contribution in [1.29, 1.82) is 0 Å². The van der Waals surface area contributed by atoms with Gasteiger partial charge in [0, 0.05) is 37.1 Å². The lowest BCUT2D eigenvalue weighted by atomic mass is 9.97. The van der Waals surface area contributed by atoms with Gasteiger partial charge >= 0.3 is 0 Å². The lowest BCUT2D eigenvalue weighted by molar-refractivity contribution is -0.133. The quantitative estimate of drug-likeness (QED) is 0.845. The monoisotopic (exact) mass is 363 g/mol. The molecule has 0 aromatic heterocycles. The molecule has 25 heavy (non-hydrogen) atoms. The molecule has 2 bridgehead atoms. The van der Waals surface area contributed by atoms with Crippen molar-refractivity contribution < 1.29 is 9.59 Å². The molecule has 5 nitrogen and oxygen atoms in total. The Morgan fingerprint density at radius 2 is 1.84 bits per heavy atom. The summed E-state index contributed by atoms with van der Waals surface area (Å²) in [6.07, 6.45) is 4.72. The molecule has 2 N–H and O–H groups in total. The number of nitrogens with one attached hydrogen (secondary N) is 2. The zero-order valence-electron chi connectivity index (χ0n) is 14.8. The minimum atomic E-state index is -0.330. The van der Waals surface area contributed by atoms with Crippen LogP contribution >= 0.6 is 11.6 Å². The number of hydrogen-bond acceptors (Lipinski definition) is 3. The molecule has 0 spiro atoms. The smallest absolute Gasteiger partial charge is 0.224 e. The Hall–Kier alpha value is -1.59. The zero-order chi connectivity index (χ0) is 18.0. The van der Waals surface area contributed by atoms with Crippen molar-refractivity contribution in [2.45, 2.75) is 63.2 Å². The van der Waals surface area contributed by atoms with Crippen molar-refractivity contribution in [1.82, 2.24) is 15.5 Å². The van der Waals surface area contributed by atoms with Crippen LogP contribution in [0.3, 0.4) is 0 Å². The molecule has 2 aliphatic heterocycles. The Labute approximate surface area is 154 Å². The second kappa shape index (κ2) is 7.75. The van der Waals surface area contributed by atoms with Crippen LogP contribution in [0.15, 0.2) is 24.3 Å². The molecular weight excluding hydrogens is 338 g/mol. The predicted octanol–water partition coefficient (Wildman–Crippen LogP) is 2.65. The normalized spacial score (nSPS) is 26.1. The van der Waals surface area contributed by atoms with E-state index in [0.29, 0.717) is 17.1 Å². The van der Waals surface area contributed by atoms with E-state index >= 15 is 0 Å². The summed E-state index contributed by atoms with van der Waals surface area (Å²) in [6.45, 7) is 1.47. The summed E-state index contributed by atoms with van der Waals surface area (Å²) in [7, 11) is 1.89. The molecule has 3 rings (SSSR count). The van der Waals surface area contributed by atoms with Crippen LogP contribution in [0.5, 0.6) is 0 Å². The number of halogens is 1. The number of amides is 2. The fourth-order valence-corrected chi connectivity index (χ4v) is 4.18. The van der Waals surface area contributed by atoms with Crippen LogP contribution in [0.1, 0.15) is 50.6 Å². The predicted molar refractivity (Wildman–Crippen MR) is 98.4 cm³/mol. The lowest BCUT2D eigenvalue weighted by Crippen LogP contribution is -2.49. The maximum atomic E-state index is 12.8. The molecule has 1 aromatic carbocycles. The van der Waals surface area contributed by atoms with E-state index in [4.69, 9.17) is 11.6 Å². The Kier molecular flexibility index (Phi) is 5.64. The third-order valence-electron chi connectivity index (χ3n) is 5.42. The highest BCUT2D eigenvalue weighted by Gasteiger charge is 2.36. The van der Waals surface area contributed by atoms with Gasteiger partial charge in [-0.1, -0.05) is 23.7 Å². The number of carbonyl (C=O) groups excluding carboxylic acids is 2. The average molecular weight is 364 g/mol. The number of piperidine rings is 1. The fraction of sp³-hybridized carbons (Fsp3) is 0.579. The molecule has 2 amide bonds. The van der Waals surface area contributed by atoms with Gasteiger partial charge in [-0.15, -0.1) is 0 Å². The summed E-state index contributed by atoms with van der Waals surface area (Å²) in [6, 6.07) is 8.33. The molecule has 6 heteroatoms. The number of carbonyl (C=O) groups is 2. The number of rotatable bonds is 5. The van der Waals surface area contributed by atoms with Crippen molar-refractivity contribution in [2.24, 2.45) is 0 Å². The van der Waals surface area contributed by atoms with Crippen molar-refractivity contribution in [3.8, 4) is 0 Å². The van der Waals surface area contributed by atoms with Crippen LogP contribution in [0, 0.1) is 0 Å². The van der Waals surface area contributed by atoms with Crippen LogP contribution in [0.25, 0.3) is 0 Å². The summed E-state index contributed by atoms with van der Waals surface area (Å²) in [5.41, 5.74) is 0.895. The second-order valence-electron chi connectivity index (χ2n) is 7.28. The SMILES string of the molecule is CC(=O)NC(CC(=O)N(C)C1CC2CCC(C1)N2)c1ccc(Cl)cc1. The molecule has 3 atom stereocenters.